The Morgan fingerprint density at radius 3 is 2.52 bits per heavy atom. The van der Waals surface area contributed by atoms with Gasteiger partial charge >= 0.3 is 0 Å². The van der Waals surface area contributed by atoms with Crippen LogP contribution in [0.15, 0.2) is 17.7 Å². The second-order valence-corrected chi connectivity index (χ2v) is 7.23. The molecule has 0 spiro atoms. The van der Waals surface area contributed by atoms with Gasteiger partial charge in [-0.2, -0.15) is 0 Å². The lowest BCUT2D eigenvalue weighted by Crippen LogP contribution is -2.37. The number of aromatic nitrogens is 1. The van der Waals surface area contributed by atoms with Gasteiger partial charge in [-0.25, -0.2) is 4.98 Å². The smallest absolute Gasteiger partial charge is 0.133 e. The Morgan fingerprint density at radius 1 is 1.24 bits per heavy atom. The van der Waals surface area contributed by atoms with Crippen molar-refractivity contribution in [2.75, 3.05) is 18.0 Å². The van der Waals surface area contributed by atoms with Crippen molar-refractivity contribution < 1.29 is 0 Å². The molecule has 0 saturated carbocycles. The predicted octanol–water partition coefficient (Wildman–Crippen LogP) is 3.74. The van der Waals surface area contributed by atoms with Crippen LogP contribution in [0.4, 0.5) is 5.82 Å². The highest BCUT2D eigenvalue weighted by molar-refractivity contribution is 5.53. The first-order valence-electron chi connectivity index (χ1n) is 7.89. The zero-order chi connectivity index (χ0) is 15.6. The van der Waals surface area contributed by atoms with E-state index in [1.165, 1.54) is 16.7 Å². The summed E-state index contributed by atoms with van der Waals surface area (Å²) in [5.41, 5.74) is 5.38. The Morgan fingerprint density at radius 2 is 1.95 bits per heavy atom. The second kappa shape index (κ2) is 6.18. The molecule has 0 unspecified atom stereocenters. The van der Waals surface area contributed by atoms with E-state index in [2.05, 4.69) is 63.9 Å². The highest BCUT2D eigenvalue weighted by atomic mass is 15.2. The van der Waals surface area contributed by atoms with Crippen LogP contribution < -0.4 is 10.2 Å². The van der Waals surface area contributed by atoms with E-state index in [9.17, 15) is 0 Å². The Balaban J connectivity index is 2.30. The molecular formula is C18H29N3. The van der Waals surface area contributed by atoms with Gasteiger partial charge in [-0.3, -0.25) is 0 Å². The number of hydrogen-bond acceptors (Lipinski definition) is 3. The zero-order valence-corrected chi connectivity index (χ0v) is 14.4. The normalized spacial score (nSPS) is 16.1. The Labute approximate surface area is 129 Å². The number of rotatable bonds is 3. The Kier molecular flexibility index (Phi) is 4.72. The molecule has 0 atom stereocenters. The van der Waals surface area contributed by atoms with Crippen molar-refractivity contribution in [2.45, 2.75) is 60.0 Å². The fraction of sp³-hybridized carbons (Fsp3) is 0.611. The lowest BCUT2D eigenvalue weighted by molar-refractivity contribution is 0.423. The van der Waals surface area contributed by atoms with Crippen LogP contribution in [0, 0.1) is 13.8 Å². The predicted molar refractivity (Wildman–Crippen MR) is 90.9 cm³/mol. The van der Waals surface area contributed by atoms with Gasteiger partial charge in [0.15, 0.2) is 0 Å². The standard InChI is InChI=1S/C18H29N3/c1-13-7-9-21(10-8-13)17-16(12-19-18(4,5)6)14(2)11-15(3)20-17/h7,11,19H,8-10,12H2,1-6H3. The summed E-state index contributed by atoms with van der Waals surface area (Å²) in [6.07, 6.45) is 3.46. The number of nitrogens with zero attached hydrogens (tertiary/aromatic N) is 2. The minimum atomic E-state index is 0.118. The molecule has 116 valence electrons. The van der Waals surface area contributed by atoms with Crippen LogP contribution in [-0.4, -0.2) is 23.6 Å². The summed E-state index contributed by atoms with van der Waals surface area (Å²) in [7, 11) is 0. The number of hydrogen-bond donors (Lipinski definition) is 1. The third-order valence-corrected chi connectivity index (χ3v) is 3.98. The molecule has 2 heterocycles. The van der Waals surface area contributed by atoms with Gasteiger partial charge in [0.25, 0.3) is 0 Å². The molecule has 21 heavy (non-hydrogen) atoms. The van der Waals surface area contributed by atoms with Gasteiger partial charge in [-0.15, -0.1) is 0 Å². The summed E-state index contributed by atoms with van der Waals surface area (Å²) in [5.74, 6) is 1.16. The van der Waals surface area contributed by atoms with E-state index in [4.69, 9.17) is 4.98 Å². The molecule has 0 bridgehead atoms. The van der Waals surface area contributed by atoms with Gasteiger partial charge in [0, 0.05) is 36.4 Å². The lowest BCUT2D eigenvalue weighted by atomic mass is 10.0. The van der Waals surface area contributed by atoms with Gasteiger partial charge in [0.05, 0.1) is 0 Å². The minimum absolute atomic E-state index is 0.118. The molecule has 0 aliphatic carbocycles. The topological polar surface area (TPSA) is 28.2 Å². The van der Waals surface area contributed by atoms with E-state index in [1.807, 2.05) is 0 Å². The highest BCUT2D eigenvalue weighted by Gasteiger charge is 2.19. The number of aryl methyl sites for hydroxylation is 2. The first kappa shape index (κ1) is 16.0. The van der Waals surface area contributed by atoms with E-state index >= 15 is 0 Å². The molecule has 2 rings (SSSR count). The average Bonchev–Trinajstić information content (AvgIpc) is 2.36. The molecule has 1 aliphatic heterocycles. The summed E-state index contributed by atoms with van der Waals surface area (Å²) >= 11 is 0. The van der Waals surface area contributed by atoms with E-state index in [0.717, 1.165) is 37.6 Å². The molecule has 0 aromatic carbocycles. The molecule has 0 saturated heterocycles. The third kappa shape index (κ3) is 4.31. The largest absolute Gasteiger partial charge is 0.352 e. The molecule has 0 fully saturated rings. The molecule has 0 amide bonds. The van der Waals surface area contributed by atoms with Crippen molar-refractivity contribution in [1.29, 1.82) is 0 Å². The van der Waals surface area contributed by atoms with Crippen LogP contribution in [0.2, 0.25) is 0 Å². The maximum Gasteiger partial charge on any atom is 0.133 e. The maximum absolute atomic E-state index is 4.84. The lowest BCUT2D eigenvalue weighted by Gasteiger charge is -2.30. The van der Waals surface area contributed by atoms with E-state index < -0.39 is 0 Å². The highest BCUT2D eigenvalue weighted by Crippen LogP contribution is 2.25. The molecule has 1 aliphatic rings. The molecule has 1 aromatic rings. The van der Waals surface area contributed by atoms with E-state index in [0.29, 0.717) is 0 Å². The number of nitrogens with one attached hydrogen (secondary N) is 1. The molecular weight excluding hydrogens is 258 g/mol. The fourth-order valence-electron chi connectivity index (χ4n) is 2.64. The fourth-order valence-corrected chi connectivity index (χ4v) is 2.64. The zero-order valence-electron chi connectivity index (χ0n) is 14.4. The molecule has 1 aromatic heterocycles. The number of anilines is 1. The van der Waals surface area contributed by atoms with E-state index in [1.54, 1.807) is 0 Å². The maximum atomic E-state index is 4.84. The van der Waals surface area contributed by atoms with Crippen molar-refractivity contribution in [3.8, 4) is 0 Å². The summed E-state index contributed by atoms with van der Waals surface area (Å²) < 4.78 is 0. The van der Waals surface area contributed by atoms with Crippen molar-refractivity contribution in [3.05, 3.63) is 34.5 Å². The van der Waals surface area contributed by atoms with Gasteiger partial charge in [-0.1, -0.05) is 11.6 Å². The first-order valence-corrected chi connectivity index (χ1v) is 7.89. The summed E-state index contributed by atoms with van der Waals surface area (Å²) in [5, 5.41) is 3.60. The first-order chi connectivity index (χ1) is 9.76. The molecule has 3 nitrogen and oxygen atoms in total. The summed E-state index contributed by atoms with van der Waals surface area (Å²) in [4.78, 5) is 7.25. The summed E-state index contributed by atoms with van der Waals surface area (Å²) in [6, 6.07) is 2.19. The van der Waals surface area contributed by atoms with Crippen LogP contribution in [0.3, 0.4) is 0 Å². The average molecular weight is 287 g/mol. The molecule has 3 heteroatoms. The van der Waals surface area contributed by atoms with Crippen LogP contribution in [0.5, 0.6) is 0 Å². The van der Waals surface area contributed by atoms with Gasteiger partial charge in [0.2, 0.25) is 0 Å². The minimum Gasteiger partial charge on any atom is -0.352 e. The van der Waals surface area contributed by atoms with Crippen LogP contribution in [-0.2, 0) is 6.54 Å². The van der Waals surface area contributed by atoms with Gasteiger partial charge in [0.1, 0.15) is 5.82 Å². The molecule has 1 N–H and O–H groups in total. The Bertz CT molecular complexity index is 538. The SMILES string of the molecule is CC1=CCN(c2nc(C)cc(C)c2CNC(C)(C)C)CC1. The van der Waals surface area contributed by atoms with Crippen LogP contribution >= 0.6 is 0 Å². The van der Waals surface area contributed by atoms with Gasteiger partial charge in [-0.05, 0) is 59.6 Å². The number of pyridine rings is 1. The van der Waals surface area contributed by atoms with Crippen molar-refractivity contribution in [3.63, 3.8) is 0 Å². The van der Waals surface area contributed by atoms with Crippen LogP contribution in [0.25, 0.3) is 0 Å². The van der Waals surface area contributed by atoms with Crippen molar-refractivity contribution in [2.24, 2.45) is 0 Å². The van der Waals surface area contributed by atoms with E-state index in [-0.39, 0.29) is 5.54 Å². The van der Waals surface area contributed by atoms with Crippen molar-refractivity contribution >= 4 is 5.82 Å². The second-order valence-electron chi connectivity index (χ2n) is 7.23. The van der Waals surface area contributed by atoms with Crippen LogP contribution in [0.1, 0.15) is 50.9 Å². The quantitative estimate of drug-likeness (QED) is 0.858. The monoisotopic (exact) mass is 287 g/mol. The van der Waals surface area contributed by atoms with Crippen molar-refractivity contribution in [1.82, 2.24) is 10.3 Å². The van der Waals surface area contributed by atoms with Gasteiger partial charge < -0.3 is 10.2 Å². The third-order valence-electron chi connectivity index (χ3n) is 3.98. The summed E-state index contributed by atoms with van der Waals surface area (Å²) in [6.45, 7) is 16.0. The molecule has 0 radical (unpaired) electrons. The Hall–Kier alpha value is -1.35.